The van der Waals surface area contributed by atoms with E-state index in [4.69, 9.17) is 17.3 Å². The molecule has 2 N–H and O–H groups in total. The predicted octanol–water partition coefficient (Wildman–Crippen LogP) is 3.07. The first kappa shape index (κ1) is 14.5. The SMILES string of the molecule is CC(Cc1cccnc1)(C(=O)Cl)c1ccc(N)cc1F. The van der Waals surface area contributed by atoms with E-state index in [9.17, 15) is 9.18 Å². The summed E-state index contributed by atoms with van der Waals surface area (Å²) in [5.74, 6) is -0.537. The van der Waals surface area contributed by atoms with Gasteiger partial charge >= 0.3 is 0 Å². The van der Waals surface area contributed by atoms with E-state index >= 15 is 0 Å². The maximum Gasteiger partial charge on any atom is 0.232 e. The van der Waals surface area contributed by atoms with Gasteiger partial charge in [0, 0.05) is 23.6 Å². The standard InChI is InChI=1S/C15H14ClFN2O/c1-15(14(16)20,8-10-3-2-6-19-9-10)12-5-4-11(18)7-13(12)17/h2-7,9H,8,18H2,1H3. The Kier molecular flexibility index (Phi) is 4.04. The fourth-order valence-corrected chi connectivity index (χ4v) is 2.33. The van der Waals surface area contributed by atoms with Crippen molar-refractivity contribution in [3.05, 3.63) is 59.7 Å². The van der Waals surface area contributed by atoms with Gasteiger partial charge in [-0.1, -0.05) is 12.1 Å². The number of hydrogen-bond acceptors (Lipinski definition) is 3. The van der Waals surface area contributed by atoms with Crippen LogP contribution in [-0.2, 0) is 16.6 Å². The normalized spacial score (nSPS) is 13.8. The number of aromatic nitrogens is 1. The molecule has 104 valence electrons. The van der Waals surface area contributed by atoms with Gasteiger partial charge in [-0.3, -0.25) is 9.78 Å². The molecular weight excluding hydrogens is 279 g/mol. The molecule has 0 fully saturated rings. The number of carbonyl (C=O) groups is 1. The number of nitrogens with zero attached hydrogens (tertiary/aromatic N) is 1. The third-order valence-corrected chi connectivity index (χ3v) is 3.72. The van der Waals surface area contributed by atoms with Gasteiger partial charge in [0.05, 0.1) is 5.41 Å². The zero-order chi connectivity index (χ0) is 14.8. The van der Waals surface area contributed by atoms with Gasteiger partial charge in [0.25, 0.3) is 0 Å². The second-order valence-electron chi connectivity index (χ2n) is 4.88. The highest BCUT2D eigenvalue weighted by molar-refractivity contribution is 6.65. The molecule has 1 atom stereocenters. The van der Waals surface area contributed by atoms with Gasteiger partial charge in [-0.25, -0.2) is 4.39 Å². The fraction of sp³-hybridized carbons (Fsp3) is 0.200. The molecule has 0 bridgehead atoms. The third kappa shape index (κ3) is 2.80. The molecule has 2 aromatic rings. The van der Waals surface area contributed by atoms with Gasteiger partial charge in [-0.05, 0) is 48.7 Å². The van der Waals surface area contributed by atoms with Gasteiger partial charge in [-0.2, -0.15) is 0 Å². The van der Waals surface area contributed by atoms with Crippen molar-refractivity contribution in [3.8, 4) is 0 Å². The minimum Gasteiger partial charge on any atom is -0.399 e. The highest BCUT2D eigenvalue weighted by atomic mass is 35.5. The Morgan fingerprint density at radius 3 is 2.75 bits per heavy atom. The van der Waals surface area contributed by atoms with Crippen LogP contribution in [0.1, 0.15) is 18.1 Å². The summed E-state index contributed by atoms with van der Waals surface area (Å²) in [4.78, 5) is 15.8. The number of pyridine rings is 1. The third-order valence-electron chi connectivity index (χ3n) is 3.30. The molecule has 0 saturated carbocycles. The topological polar surface area (TPSA) is 56.0 Å². The molecule has 0 amide bonds. The van der Waals surface area contributed by atoms with Crippen LogP contribution in [-0.4, -0.2) is 10.2 Å². The number of nitrogens with two attached hydrogens (primary N) is 1. The summed E-state index contributed by atoms with van der Waals surface area (Å²) in [6.45, 7) is 1.62. The molecule has 0 aliphatic carbocycles. The largest absolute Gasteiger partial charge is 0.399 e. The van der Waals surface area contributed by atoms with Crippen LogP contribution in [0.15, 0.2) is 42.7 Å². The van der Waals surface area contributed by atoms with Gasteiger partial charge in [0.2, 0.25) is 5.24 Å². The lowest BCUT2D eigenvalue weighted by Gasteiger charge is -2.26. The predicted molar refractivity (Wildman–Crippen MR) is 77.0 cm³/mol. The highest BCUT2D eigenvalue weighted by Crippen LogP contribution is 2.33. The Morgan fingerprint density at radius 2 is 2.20 bits per heavy atom. The number of benzene rings is 1. The molecule has 3 nitrogen and oxygen atoms in total. The summed E-state index contributed by atoms with van der Waals surface area (Å²) in [5, 5.41) is -0.620. The van der Waals surface area contributed by atoms with E-state index in [0.717, 1.165) is 5.56 Å². The van der Waals surface area contributed by atoms with Crippen LogP contribution in [0.3, 0.4) is 0 Å². The van der Waals surface area contributed by atoms with E-state index in [1.165, 1.54) is 12.1 Å². The quantitative estimate of drug-likeness (QED) is 0.696. The minimum atomic E-state index is -1.16. The molecule has 1 aromatic carbocycles. The van der Waals surface area contributed by atoms with Crippen LogP contribution in [0.2, 0.25) is 0 Å². The number of nitrogen functional groups attached to an aromatic ring is 1. The number of hydrogen-bond donors (Lipinski definition) is 1. The summed E-state index contributed by atoms with van der Waals surface area (Å²) in [5.41, 5.74) is 5.71. The van der Waals surface area contributed by atoms with Gasteiger partial charge in [0.15, 0.2) is 0 Å². The molecule has 5 heteroatoms. The molecule has 0 spiro atoms. The number of rotatable bonds is 4. The summed E-state index contributed by atoms with van der Waals surface area (Å²) >= 11 is 5.72. The van der Waals surface area contributed by atoms with E-state index in [1.54, 1.807) is 31.5 Å². The van der Waals surface area contributed by atoms with Crippen molar-refractivity contribution in [2.75, 3.05) is 5.73 Å². The van der Waals surface area contributed by atoms with E-state index in [1.807, 2.05) is 6.07 Å². The van der Waals surface area contributed by atoms with Crippen LogP contribution < -0.4 is 5.73 Å². The number of anilines is 1. The summed E-state index contributed by atoms with van der Waals surface area (Å²) in [6, 6.07) is 7.83. The number of carbonyl (C=O) groups excluding carboxylic acids is 1. The first-order valence-electron chi connectivity index (χ1n) is 6.08. The first-order chi connectivity index (χ1) is 9.43. The molecular formula is C15H14ClFN2O. The van der Waals surface area contributed by atoms with Crippen LogP contribution in [0.5, 0.6) is 0 Å². The van der Waals surface area contributed by atoms with Gasteiger partial charge < -0.3 is 5.73 Å². The zero-order valence-corrected chi connectivity index (χ0v) is 11.7. The number of halogens is 2. The lowest BCUT2D eigenvalue weighted by molar-refractivity contribution is -0.116. The smallest absolute Gasteiger partial charge is 0.232 e. The summed E-state index contributed by atoms with van der Waals surface area (Å²) in [6.07, 6.45) is 3.53. The van der Waals surface area contributed by atoms with Crippen molar-refractivity contribution in [1.82, 2.24) is 4.98 Å². The Balaban J connectivity index is 2.47. The molecule has 0 radical (unpaired) electrons. The summed E-state index contributed by atoms with van der Waals surface area (Å²) in [7, 11) is 0. The molecule has 20 heavy (non-hydrogen) atoms. The zero-order valence-electron chi connectivity index (χ0n) is 10.9. The van der Waals surface area contributed by atoms with Crippen LogP contribution >= 0.6 is 11.6 Å². The van der Waals surface area contributed by atoms with E-state index < -0.39 is 16.5 Å². The second kappa shape index (κ2) is 5.59. The Morgan fingerprint density at radius 1 is 1.45 bits per heavy atom. The lowest BCUT2D eigenvalue weighted by atomic mass is 9.78. The molecule has 0 saturated heterocycles. The molecule has 0 aliphatic rings. The Hall–Kier alpha value is -1.94. The van der Waals surface area contributed by atoms with Crippen molar-refractivity contribution < 1.29 is 9.18 Å². The maximum absolute atomic E-state index is 14.1. The van der Waals surface area contributed by atoms with Crippen molar-refractivity contribution in [1.29, 1.82) is 0 Å². The Bertz CT molecular complexity index is 633. The second-order valence-corrected chi connectivity index (χ2v) is 5.23. The van der Waals surface area contributed by atoms with Crippen LogP contribution in [0, 0.1) is 5.82 Å². The molecule has 1 unspecified atom stereocenters. The first-order valence-corrected chi connectivity index (χ1v) is 6.45. The summed E-state index contributed by atoms with van der Waals surface area (Å²) < 4.78 is 14.1. The van der Waals surface area contributed by atoms with Gasteiger partial charge in [-0.15, -0.1) is 0 Å². The van der Waals surface area contributed by atoms with Crippen LogP contribution in [0.4, 0.5) is 10.1 Å². The molecule has 0 aliphatic heterocycles. The van der Waals surface area contributed by atoms with E-state index in [-0.39, 0.29) is 12.0 Å². The van der Waals surface area contributed by atoms with E-state index in [2.05, 4.69) is 4.98 Å². The lowest BCUT2D eigenvalue weighted by Crippen LogP contribution is -2.33. The highest BCUT2D eigenvalue weighted by Gasteiger charge is 2.36. The van der Waals surface area contributed by atoms with Crippen molar-refractivity contribution in [2.45, 2.75) is 18.8 Å². The Labute approximate surface area is 121 Å². The maximum atomic E-state index is 14.1. The van der Waals surface area contributed by atoms with E-state index in [0.29, 0.717) is 5.69 Å². The molecule has 1 heterocycles. The average molecular weight is 293 g/mol. The fourth-order valence-electron chi connectivity index (χ4n) is 2.16. The molecule has 1 aromatic heterocycles. The van der Waals surface area contributed by atoms with Gasteiger partial charge in [0.1, 0.15) is 5.82 Å². The van der Waals surface area contributed by atoms with Crippen molar-refractivity contribution in [3.63, 3.8) is 0 Å². The average Bonchev–Trinajstić information content (AvgIpc) is 2.39. The molecule has 2 rings (SSSR count). The van der Waals surface area contributed by atoms with Crippen molar-refractivity contribution in [2.24, 2.45) is 0 Å². The minimum absolute atomic E-state index is 0.232. The van der Waals surface area contributed by atoms with Crippen LogP contribution in [0.25, 0.3) is 0 Å². The van der Waals surface area contributed by atoms with Crippen molar-refractivity contribution >= 4 is 22.5 Å². The monoisotopic (exact) mass is 292 g/mol.